The number of hydrogen-bond donors (Lipinski definition) is 1. The van der Waals surface area contributed by atoms with Crippen molar-refractivity contribution >= 4 is 22.5 Å². The van der Waals surface area contributed by atoms with Crippen LogP contribution in [0.5, 0.6) is 11.5 Å². The van der Waals surface area contributed by atoms with E-state index in [0.29, 0.717) is 19.4 Å². The number of pyridine rings is 1. The Bertz CT molecular complexity index is 1070. The van der Waals surface area contributed by atoms with Crippen LogP contribution >= 0.6 is 0 Å². The normalized spacial score (nSPS) is 15.7. The molecule has 0 radical (unpaired) electrons. The molecule has 6 nitrogen and oxygen atoms in total. The van der Waals surface area contributed by atoms with E-state index in [1.165, 1.54) is 5.57 Å². The van der Waals surface area contributed by atoms with E-state index in [1.54, 1.807) is 0 Å². The maximum absolute atomic E-state index is 12.6. The fourth-order valence-corrected chi connectivity index (χ4v) is 3.85. The van der Waals surface area contributed by atoms with E-state index in [2.05, 4.69) is 16.0 Å². The Balaban J connectivity index is 1.22. The Hall–Kier alpha value is -3.28. The highest BCUT2D eigenvalue weighted by molar-refractivity contribution is 5.90. The zero-order valence-electron chi connectivity index (χ0n) is 15.5. The molecule has 2 aromatic heterocycles. The van der Waals surface area contributed by atoms with Crippen LogP contribution in [0.2, 0.25) is 0 Å². The lowest BCUT2D eigenvalue weighted by molar-refractivity contribution is -0.130. The summed E-state index contributed by atoms with van der Waals surface area (Å²) in [5.74, 6) is 1.73. The summed E-state index contributed by atoms with van der Waals surface area (Å²) in [7, 11) is 0. The number of nitrogens with one attached hydrogen (secondary N) is 1. The van der Waals surface area contributed by atoms with E-state index in [0.717, 1.165) is 46.6 Å². The number of fused-ring (bicyclic) bond motifs is 2. The predicted molar refractivity (Wildman–Crippen MR) is 106 cm³/mol. The topological polar surface area (TPSA) is 67.5 Å². The third kappa shape index (κ3) is 3.11. The molecule has 0 bridgehead atoms. The molecule has 1 aromatic carbocycles. The minimum absolute atomic E-state index is 0.185. The number of H-pyrrole nitrogens is 1. The molecule has 0 spiro atoms. The minimum Gasteiger partial charge on any atom is -0.454 e. The van der Waals surface area contributed by atoms with Gasteiger partial charge in [-0.15, -0.1) is 0 Å². The van der Waals surface area contributed by atoms with Crippen molar-refractivity contribution in [2.75, 3.05) is 19.9 Å². The average molecular weight is 375 g/mol. The number of aromatic amines is 1. The first-order valence-electron chi connectivity index (χ1n) is 9.56. The first-order valence-corrected chi connectivity index (χ1v) is 9.56. The van der Waals surface area contributed by atoms with Gasteiger partial charge in [0, 0.05) is 37.5 Å². The van der Waals surface area contributed by atoms with Gasteiger partial charge in [-0.2, -0.15) is 0 Å². The van der Waals surface area contributed by atoms with Gasteiger partial charge in [0.05, 0.1) is 11.0 Å². The van der Waals surface area contributed by atoms with Gasteiger partial charge >= 0.3 is 0 Å². The molecule has 3 aromatic rings. The van der Waals surface area contributed by atoms with Crippen LogP contribution in [0.4, 0.5) is 0 Å². The summed E-state index contributed by atoms with van der Waals surface area (Å²) in [6.07, 6.45) is 8.03. The van der Waals surface area contributed by atoms with E-state index in [4.69, 9.17) is 9.47 Å². The highest BCUT2D eigenvalue weighted by atomic mass is 16.7. The molecule has 5 rings (SSSR count). The predicted octanol–water partition coefficient (Wildman–Crippen LogP) is 3.54. The van der Waals surface area contributed by atoms with Crippen molar-refractivity contribution in [1.82, 2.24) is 14.9 Å². The minimum atomic E-state index is 0.185. The molecule has 0 atom stereocenters. The highest BCUT2D eigenvalue weighted by Gasteiger charge is 2.20. The lowest BCUT2D eigenvalue weighted by Gasteiger charge is -2.26. The first-order chi connectivity index (χ1) is 13.8. The van der Waals surface area contributed by atoms with Crippen molar-refractivity contribution in [1.29, 1.82) is 0 Å². The van der Waals surface area contributed by atoms with Crippen LogP contribution in [0, 0.1) is 0 Å². The second kappa shape index (κ2) is 7.03. The zero-order chi connectivity index (χ0) is 18.9. The van der Waals surface area contributed by atoms with Gasteiger partial charge in [-0.1, -0.05) is 12.1 Å². The zero-order valence-corrected chi connectivity index (χ0v) is 15.5. The summed E-state index contributed by atoms with van der Waals surface area (Å²) in [6.45, 7) is 1.66. The standard InChI is InChI=1S/C22H21N3O3/c26-21(6-4-15-3-5-19-20(12-15)28-14-27-19)25-10-7-16(8-11-25)17-13-24-18-2-1-9-23-22(17)18/h1-3,5,7,9,12-13,24H,4,6,8,10-11,14H2. The molecule has 2 aliphatic rings. The average Bonchev–Trinajstić information content (AvgIpc) is 3.38. The molecule has 2 aliphatic heterocycles. The Labute approximate surface area is 162 Å². The number of ether oxygens (including phenoxy) is 2. The van der Waals surface area contributed by atoms with E-state index in [-0.39, 0.29) is 12.7 Å². The van der Waals surface area contributed by atoms with Gasteiger partial charge in [-0.25, -0.2) is 0 Å². The molecule has 0 aliphatic carbocycles. The number of aromatic nitrogens is 2. The molecule has 142 valence electrons. The van der Waals surface area contributed by atoms with E-state index >= 15 is 0 Å². The number of nitrogens with zero attached hydrogens (tertiary/aromatic N) is 2. The van der Waals surface area contributed by atoms with E-state index in [9.17, 15) is 4.79 Å². The van der Waals surface area contributed by atoms with Crippen LogP contribution in [0.15, 0.2) is 48.8 Å². The third-order valence-corrected chi connectivity index (χ3v) is 5.41. The maximum atomic E-state index is 12.6. The van der Waals surface area contributed by atoms with Crippen LogP contribution in [-0.4, -0.2) is 40.7 Å². The number of benzene rings is 1. The quantitative estimate of drug-likeness (QED) is 0.757. The van der Waals surface area contributed by atoms with E-state index in [1.807, 2.05) is 47.6 Å². The van der Waals surface area contributed by atoms with Crippen molar-refractivity contribution in [3.63, 3.8) is 0 Å². The fourth-order valence-electron chi connectivity index (χ4n) is 3.85. The lowest BCUT2D eigenvalue weighted by Crippen LogP contribution is -2.34. The Morgan fingerprint density at radius 2 is 2.14 bits per heavy atom. The van der Waals surface area contributed by atoms with Gasteiger partial charge in [0.1, 0.15) is 0 Å². The smallest absolute Gasteiger partial charge is 0.231 e. The monoisotopic (exact) mass is 375 g/mol. The molecule has 4 heterocycles. The van der Waals surface area contributed by atoms with Gasteiger partial charge in [0.25, 0.3) is 0 Å². The largest absolute Gasteiger partial charge is 0.454 e. The third-order valence-electron chi connectivity index (χ3n) is 5.41. The summed E-state index contributed by atoms with van der Waals surface area (Å²) in [6, 6.07) is 9.83. The lowest BCUT2D eigenvalue weighted by atomic mass is 10.0. The number of amides is 1. The molecule has 6 heteroatoms. The Morgan fingerprint density at radius 3 is 3.04 bits per heavy atom. The van der Waals surface area contributed by atoms with Crippen LogP contribution in [0.3, 0.4) is 0 Å². The van der Waals surface area contributed by atoms with Gasteiger partial charge in [-0.05, 0) is 48.2 Å². The summed E-state index contributed by atoms with van der Waals surface area (Å²) in [5, 5.41) is 0. The van der Waals surface area contributed by atoms with Gasteiger partial charge in [-0.3, -0.25) is 9.78 Å². The number of carbonyl (C=O) groups excluding carboxylic acids is 1. The Morgan fingerprint density at radius 1 is 1.21 bits per heavy atom. The number of carbonyl (C=O) groups is 1. The number of hydrogen-bond acceptors (Lipinski definition) is 4. The molecule has 28 heavy (non-hydrogen) atoms. The van der Waals surface area contributed by atoms with Crippen molar-refractivity contribution in [3.05, 3.63) is 59.9 Å². The van der Waals surface area contributed by atoms with Gasteiger partial charge in [0.15, 0.2) is 11.5 Å². The van der Waals surface area contributed by atoms with Crippen LogP contribution in [0.25, 0.3) is 16.6 Å². The SMILES string of the molecule is O=C(CCc1ccc2c(c1)OCO2)N1CC=C(c2c[nH]c3cccnc23)CC1. The van der Waals surface area contributed by atoms with Crippen LogP contribution < -0.4 is 9.47 Å². The highest BCUT2D eigenvalue weighted by Crippen LogP contribution is 2.33. The molecule has 0 unspecified atom stereocenters. The van der Waals surface area contributed by atoms with Crippen molar-refractivity contribution in [2.45, 2.75) is 19.3 Å². The summed E-state index contributed by atoms with van der Waals surface area (Å²) in [4.78, 5) is 22.3. The second-order valence-electron chi connectivity index (χ2n) is 7.11. The molecule has 0 fully saturated rings. The number of aryl methyl sites for hydroxylation is 1. The van der Waals surface area contributed by atoms with E-state index < -0.39 is 0 Å². The Kier molecular flexibility index (Phi) is 4.24. The van der Waals surface area contributed by atoms with Gasteiger partial charge < -0.3 is 19.4 Å². The first kappa shape index (κ1) is 16.9. The summed E-state index contributed by atoms with van der Waals surface area (Å²) >= 11 is 0. The second-order valence-corrected chi connectivity index (χ2v) is 7.11. The summed E-state index contributed by atoms with van der Waals surface area (Å²) < 4.78 is 10.7. The molecule has 0 saturated carbocycles. The van der Waals surface area contributed by atoms with Crippen molar-refractivity contribution < 1.29 is 14.3 Å². The molecule has 1 amide bonds. The maximum Gasteiger partial charge on any atom is 0.231 e. The molecule has 1 N–H and O–H groups in total. The molecular formula is C22H21N3O3. The van der Waals surface area contributed by atoms with Crippen LogP contribution in [0.1, 0.15) is 24.0 Å². The molecule has 0 saturated heterocycles. The van der Waals surface area contributed by atoms with Gasteiger partial charge in [0.2, 0.25) is 12.7 Å². The molecular weight excluding hydrogens is 354 g/mol. The van der Waals surface area contributed by atoms with Crippen molar-refractivity contribution in [2.24, 2.45) is 0 Å². The van der Waals surface area contributed by atoms with Crippen molar-refractivity contribution in [3.8, 4) is 11.5 Å². The van der Waals surface area contributed by atoms with Crippen LogP contribution in [-0.2, 0) is 11.2 Å². The fraction of sp³-hybridized carbons (Fsp3) is 0.273. The number of rotatable bonds is 4. The summed E-state index contributed by atoms with van der Waals surface area (Å²) in [5.41, 5.74) is 5.53.